The van der Waals surface area contributed by atoms with E-state index in [9.17, 15) is 4.79 Å². The van der Waals surface area contributed by atoms with Gasteiger partial charge >= 0.3 is 0 Å². The van der Waals surface area contributed by atoms with E-state index in [1.807, 2.05) is 49.4 Å². The molecule has 6 heteroatoms. The topological polar surface area (TPSA) is 68.8 Å². The molecular formula is C21H28N2O4. The molecular weight excluding hydrogens is 344 g/mol. The van der Waals surface area contributed by atoms with Crippen molar-refractivity contribution >= 4 is 17.3 Å². The van der Waals surface area contributed by atoms with Crippen LogP contribution in [-0.2, 0) is 9.53 Å². The van der Waals surface area contributed by atoms with Gasteiger partial charge in [-0.3, -0.25) is 4.79 Å². The number of benzene rings is 2. The van der Waals surface area contributed by atoms with Crippen molar-refractivity contribution in [2.75, 3.05) is 37.5 Å². The Morgan fingerprint density at radius 1 is 1.04 bits per heavy atom. The first kappa shape index (κ1) is 20.6. The minimum absolute atomic E-state index is 0.141. The van der Waals surface area contributed by atoms with Gasteiger partial charge in [0.15, 0.2) is 0 Å². The molecule has 0 fully saturated rings. The standard InChI is InChI=1S/C21H28N2O4/c1-4-16(2)27-20-10-5-7-17(13-20)22-15-21(24)23-18-8-6-9-19(14-18)26-12-11-25-3/h5-10,13-14,16,22H,4,11-12,15H2,1-3H3,(H,23,24). The molecule has 0 heterocycles. The van der Waals surface area contributed by atoms with Crippen LogP contribution < -0.4 is 20.1 Å². The van der Waals surface area contributed by atoms with Crippen molar-refractivity contribution < 1.29 is 19.0 Å². The summed E-state index contributed by atoms with van der Waals surface area (Å²) in [6.07, 6.45) is 1.09. The fourth-order valence-electron chi connectivity index (χ4n) is 2.29. The molecule has 0 bridgehead atoms. The molecule has 0 spiro atoms. The van der Waals surface area contributed by atoms with Crippen LogP contribution in [0.5, 0.6) is 11.5 Å². The van der Waals surface area contributed by atoms with Crippen molar-refractivity contribution in [2.24, 2.45) is 0 Å². The van der Waals surface area contributed by atoms with Crippen LogP contribution in [0.3, 0.4) is 0 Å². The summed E-state index contributed by atoms with van der Waals surface area (Å²) in [4.78, 5) is 12.2. The smallest absolute Gasteiger partial charge is 0.243 e. The minimum atomic E-state index is -0.141. The van der Waals surface area contributed by atoms with Gasteiger partial charge in [-0.05, 0) is 37.6 Å². The van der Waals surface area contributed by atoms with Crippen molar-refractivity contribution in [1.29, 1.82) is 0 Å². The molecule has 2 aromatic rings. The number of carbonyl (C=O) groups excluding carboxylic acids is 1. The van der Waals surface area contributed by atoms with Crippen molar-refractivity contribution in [2.45, 2.75) is 26.4 Å². The number of amides is 1. The van der Waals surface area contributed by atoms with E-state index in [2.05, 4.69) is 17.6 Å². The molecule has 0 aliphatic rings. The maximum Gasteiger partial charge on any atom is 0.243 e. The van der Waals surface area contributed by atoms with Crippen LogP contribution >= 0.6 is 0 Å². The summed E-state index contributed by atoms with van der Waals surface area (Å²) >= 11 is 0. The van der Waals surface area contributed by atoms with E-state index < -0.39 is 0 Å². The Hall–Kier alpha value is -2.73. The van der Waals surface area contributed by atoms with Gasteiger partial charge in [-0.25, -0.2) is 0 Å². The van der Waals surface area contributed by atoms with Gasteiger partial charge in [0.1, 0.15) is 18.1 Å². The van der Waals surface area contributed by atoms with Gasteiger partial charge < -0.3 is 24.8 Å². The maximum atomic E-state index is 12.2. The predicted molar refractivity (Wildman–Crippen MR) is 108 cm³/mol. The van der Waals surface area contributed by atoms with E-state index in [0.717, 1.165) is 17.9 Å². The Bertz CT molecular complexity index is 721. The monoisotopic (exact) mass is 372 g/mol. The second kappa shape index (κ2) is 11.1. The molecule has 146 valence electrons. The minimum Gasteiger partial charge on any atom is -0.491 e. The summed E-state index contributed by atoms with van der Waals surface area (Å²) in [6, 6.07) is 14.9. The molecule has 2 aromatic carbocycles. The largest absolute Gasteiger partial charge is 0.491 e. The summed E-state index contributed by atoms with van der Waals surface area (Å²) in [5.41, 5.74) is 1.52. The van der Waals surface area contributed by atoms with E-state index in [4.69, 9.17) is 14.2 Å². The van der Waals surface area contributed by atoms with E-state index in [1.54, 1.807) is 13.2 Å². The number of methoxy groups -OCH3 is 1. The zero-order valence-electron chi connectivity index (χ0n) is 16.2. The Kier molecular flexibility index (Phi) is 8.45. The molecule has 1 unspecified atom stereocenters. The lowest BCUT2D eigenvalue weighted by Gasteiger charge is -2.14. The molecule has 2 rings (SSSR count). The molecule has 2 N–H and O–H groups in total. The Labute approximate surface area is 160 Å². The molecule has 1 amide bonds. The second-order valence-electron chi connectivity index (χ2n) is 6.14. The SMILES string of the molecule is CCC(C)Oc1cccc(NCC(=O)Nc2cccc(OCCOC)c2)c1. The summed E-state index contributed by atoms with van der Waals surface area (Å²) in [5, 5.41) is 5.97. The number of nitrogens with one attached hydrogen (secondary N) is 2. The van der Waals surface area contributed by atoms with Gasteiger partial charge in [0.05, 0.1) is 19.3 Å². The summed E-state index contributed by atoms with van der Waals surface area (Å²) in [5.74, 6) is 1.33. The van der Waals surface area contributed by atoms with Gasteiger partial charge in [-0.15, -0.1) is 0 Å². The molecule has 0 saturated carbocycles. The molecule has 0 aliphatic heterocycles. The first-order chi connectivity index (χ1) is 13.1. The van der Waals surface area contributed by atoms with Gasteiger partial charge in [-0.2, -0.15) is 0 Å². The average Bonchev–Trinajstić information content (AvgIpc) is 2.67. The number of hydrogen-bond acceptors (Lipinski definition) is 5. The van der Waals surface area contributed by atoms with E-state index >= 15 is 0 Å². The predicted octanol–water partition coefficient (Wildman–Crippen LogP) is 3.94. The zero-order chi connectivity index (χ0) is 19.5. The fraction of sp³-hybridized carbons (Fsp3) is 0.381. The molecule has 27 heavy (non-hydrogen) atoms. The first-order valence-electron chi connectivity index (χ1n) is 9.13. The average molecular weight is 372 g/mol. The molecule has 6 nitrogen and oxygen atoms in total. The van der Waals surface area contributed by atoms with Crippen molar-refractivity contribution in [3.05, 3.63) is 48.5 Å². The second-order valence-corrected chi connectivity index (χ2v) is 6.14. The fourth-order valence-corrected chi connectivity index (χ4v) is 2.29. The van der Waals surface area contributed by atoms with Gasteiger partial charge in [0, 0.05) is 30.6 Å². The lowest BCUT2D eigenvalue weighted by molar-refractivity contribution is -0.114. The molecule has 0 aliphatic carbocycles. The van der Waals surface area contributed by atoms with Crippen LogP contribution in [0.1, 0.15) is 20.3 Å². The van der Waals surface area contributed by atoms with Crippen molar-refractivity contribution in [1.82, 2.24) is 0 Å². The van der Waals surface area contributed by atoms with Gasteiger partial charge in [0.25, 0.3) is 0 Å². The Morgan fingerprint density at radius 3 is 2.48 bits per heavy atom. The van der Waals surface area contributed by atoms with E-state index in [0.29, 0.717) is 24.7 Å². The highest BCUT2D eigenvalue weighted by Crippen LogP contribution is 2.20. The van der Waals surface area contributed by atoms with Crippen LogP contribution in [0, 0.1) is 0 Å². The number of carbonyl (C=O) groups is 1. The summed E-state index contributed by atoms with van der Waals surface area (Å²) in [6.45, 7) is 5.24. The third kappa shape index (κ3) is 7.58. The van der Waals surface area contributed by atoms with Crippen molar-refractivity contribution in [3.8, 4) is 11.5 Å². The molecule has 0 radical (unpaired) electrons. The van der Waals surface area contributed by atoms with Crippen molar-refractivity contribution in [3.63, 3.8) is 0 Å². The molecule has 1 atom stereocenters. The van der Waals surface area contributed by atoms with Crippen LogP contribution in [0.2, 0.25) is 0 Å². The highest BCUT2D eigenvalue weighted by Gasteiger charge is 2.06. The normalized spacial score (nSPS) is 11.5. The highest BCUT2D eigenvalue weighted by molar-refractivity contribution is 5.93. The van der Waals surface area contributed by atoms with E-state index in [-0.39, 0.29) is 18.6 Å². The quantitative estimate of drug-likeness (QED) is 0.585. The van der Waals surface area contributed by atoms with Gasteiger partial charge in [-0.1, -0.05) is 19.1 Å². The van der Waals surface area contributed by atoms with Crippen LogP contribution in [0.4, 0.5) is 11.4 Å². The lowest BCUT2D eigenvalue weighted by Crippen LogP contribution is -2.21. The number of hydrogen-bond donors (Lipinski definition) is 2. The first-order valence-corrected chi connectivity index (χ1v) is 9.13. The zero-order valence-corrected chi connectivity index (χ0v) is 16.2. The highest BCUT2D eigenvalue weighted by atomic mass is 16.5. The van der Waals surface area contributed by atoms with Gasteiger partial charge in [0.2, 0.25) is 5.91 Å². The third-order valence-electron chi connectivity index (χ3n) is 3.87. The maximum absolute atomic E-state index is 12.2. The summed E-state index contributed by atoms with van der Waals surface area (Å²) < 4.78 is 16.3. The van der Waals surface area contributed by atoms with Crippen LogP contribution in [0.15, 0.2) is 48.5 Å². The lowest BCUT2D eigenvalue weighted by atomic mass is 10.2. The number of rotatable bonds is 11. The van der Waals surface area contributed by atoms with E-state index in [1.165, 1.54) is 0 Å². The summed E-state index contributed by atoms with van der Waals surface area (Å²) in [7, 11) is 1.62. The Morgan fingerprint density at radius 2 is 1.74 bits per heavy atom. The molecule has 0 saturated heterocycles. The molecule has 0 aromatic heterocycles. The number of anilines is 2. The van der Waals surface area contributed by atoms with Crippen LogP contribution in [-0.4, -0.2) is 38.9 Å². The Balaban J connectivity index is 1.84. The number of ether oxygens (including phenoxy) is 3. The third-order valence-corrected chi connectivity index (χ3v) is 3.87. The van der Waals surface area contributed by atoms with Crippen LogP contribution in [0.25, 0.3) is 0 Å².